The summed E-state index contributed by atoms with van der Waals surface area (Å²) in [6.45, 7) is 2.07. The van der Waals surface area contributed by atoms with Crippen molar-refractivity contribution in [3.05, 3.63) is 72.2 Å². The first-order chi connectivity index (χ1) is 16.3. The molecule has 1 aliphatic carbocycles. The number of alkyl halides is 3. The van der Waals surface area contributed by atoms with Gasteiger partial charge in [0.1, 0.15) is 5.69 Å². The number of hydrogen-bond acceptors (Lipinski definition) is 4. The van der Waals surface area contributed by atoms with E-state index < -0.39 is 11.7 Å². The number of nitrogens with zero attached hydrogens (tertiary/aromatic N) is 4. The lowest BCUT2D eigenvalue weighted by atomic mass is 10.0. The van der Waals surface area contributed by atoms with E-state index in [4.69, 9.17) is 4.98 Å². The fraction of sp³-hybridized carbons (Fsp3) is 0.269. The molecule has 0 amide bonds. The molecule has 0 bridgehead atoms. The van der Waals surface area contributed by atoms with E-state index in [0.717, 1.165) is 33.9 Å². The van der Waals surface area contributed by atoms with E-state index in [2.05, 4.69) is 47.2 Å². The highest BCUT2D eigenvalue weighted by atomic mass is 32.2. The second-order valence-corrected chi connectivity index (χ2v) is 9.66. The van der Waals surface area contributed by atoms with Crippen LogP contribution in [0.1, 0.15) is 36.8 Å². The van der Waals surface area contributed by atoms with Crippen LogP contribution in [0.3, 0.4) is 0 Å². The van der Waals surface area contributed by atoms with Crippen molar-refractivity contribution in [2.75, 3.05) is 5.75 Å². The van der Waals surface area contributed by atoms with Crippen molar-refractivity contribution >= 4 is 11.8 Å². The molecule has 5 rings (SSSR count). The summed E-state index contributed by atoms with van der Waals surface area (Å²) in [5, 5.41) is 0. The predicted molar refractivity (Wildman–Crippen MR) is 128 cm³/mol. The SMILES string of the molecule is CCSc1cc(-c2ccc(C3CC3)cc2)cnc1-c1ncc(-c2cc(C(F)(F)F)ccn2)n1C. The zero-order valence-corrected chi connectivity index (χ0v) is 19.6. The summed E-state index contributed by atoms with van der Waals surface area (Å²) in [6, 6.07) is 12.8. The van der Waals surface area contributed by atoms with Gasteiger partial charge in [-0.15, -0.1) is 11.8 Å². The summed E-state index contributed by atoms with van der Waals surface area (Å²) in [7, 11) is 1.77. The lowest BCUT2D eigenvalue weighted by molar-refractivity contribution is -0.137. The molecule has 0 radical (unpaired) electrons. The Morgan fingerprint density at radius 3 is 2.41 bits per heavy atom. The van der Waals surface area contributed by atoms with Crippen LogP contribution in [-0.2, 0) is 13.2 Å². The van der Waals surface area contributed by atoms with Gasteiger partial charge in [-0.1, -0.05) is 31.2 Å². The maximum absolute atomic E-state index is 13.2. The van der Waals surface area contributed by atoms with Crippen LogP contribution in [0.5, 0.6) is 0 Å². The van der Waals surface area contributed by atoms with E-state index in [-0.39, 0.29) is 5.69 Å². The Balaban J connectivity index is 1.51. The Hall–Kier alpha value is -3.13. The second kappa shape index (κ2) is 8.91. The van der Waals surface area contributed by atoms with Crippen LogP contribution in [0.15, 0.2) is 66.0 Å². The Labute approximate surface area is 200 Å². The van der Waals surface area contributed by atoms with Crippen molar-refractivity contribution in [2.24, 2.45) is 7.05 Å². The number of pyridine rings is 2. The highest BCUT2D eigenvalue weighted by Gasteiger charge is 2.31. The molecule has 0 aliphatic heterocycles. The number of imidazole rings is 1. The number of thioether (sulfide) groups is 1. The van der Waals surface area contributed by atoms with Crippen LogP contribution in [0, 0.1) is 0 Å². The molecule has 0 saturated heterocycles. The fourth-order valence-electron chi connectivity index (χ4n) is 4.01. The minimum Gasteiger partial charge on any atom is -0.325 e. The molecule has 174 valence electrons. The number of benzene rings is 1. The van der Waals surface area contributed by atoms with E-state index in [1.54, 1.807) is 29.6 Å². The quantitative estimate of drug-likeness (QED) is 0.273. The van der Waals surface area contributed by atoms with Gasteiger partial charge in [-0.2, -0.15) is 13.2 Å². The topological polar surface area (TPSA) is 43.6 Å². The molecule has 3 heterocycles. The predicted octanol–water partition coefficient (Wildman–Crippen LogP) is 7.22. The zero-order chi connectivity index (χ0) is 23.9. The lowest BCUT2D eigenvalue weighted by Gasteiger charge is -2.12. The number of aromatic nitrogens is 4. The highest BCUT2D eigenvalue weighted by molar-refractivity contribution is 7.99. The normalized spacial score (nSPS) is 13.9. The average molecular weight is 481 g/mol. The maximum atomic E-state index is 13.2. The Bertz CT molecular complexity index is 1320. The van der Waals surface area contributed by atoms with Crippen molar-refractivity contribution in [3.8, 4) is 34.0 Å². The summed E-state index contributed by atoms with van der Waals surface area (Å²) < 4.78 is 41.3. The lowest BCUT2D eigenvalue weighted by Crippen LogP contribution is -2.06. The molecule has 0 unspecified atom stereocenters. The van der Waals surface area contributed by atoms with Gasteiger partial charge in [-0.3, -0.25) is 9.97 Å². The molecule has 34 heavy (non-hydrogen) atoms. The van der Waals surface area contributed by atoms with E-state index in [1.165, 1.54) is 24.6 Å². The molecule has 4 nitrogen and oxygen atoms in total. The fourth-order valence-corrected chi connectivity index (χ4v) is 4.82. The third kappa shape index (κ3) is 4.46. The van der Waals surface area contributed by atoms with Gasteiger partial charge in [0, 0.05) is 29.9 Å². The summed E-state index contributed by atoms with van der Waals surface area (Å²) in [4.78, 5) is 14.4. The van der Waals surface area contributed by atoms with Crippen LogP contribution in [0.2, 0.25) is 0 Å². The Morgan fingerprint density at radius 2 is 1.74 bits per heavy atom. The second-order valence-electron chi connectivity index (χ2n) is 8.35. The molecule has 1 fully saturated rings. The van der Waals surface area contributed by atoms with E-state index in [1.807, 2.05) is 6.20 Å². The van der Waals surface area contributed by atoms with Gasteiger partial charge in [0.15, 0.2) is 5.82 Å². The van der Waals surface area contributed by atoms with Gasteiger partial charge >= 0.3 is 6.18 Å². The third-order valence-electron chi connectivity index (χ3n) is 6.00. The summed E-state index contributed by atoms with van der Waals surface area (Å²) >= 11 is 1.66. The van der Waals surface area contributed by atoms with Gasteiger partial charge in [0.2, 0.25) is 0 Å². The maximum Gasteiger partial charge on any atom is 0.416 e. The Kier molecular flexibility index (Phi) is 5.93. The van der Waals surface area contributed by atoms with Gasteiger partial charge < -0.3 is 4.57 Å². The van der Waals surface area contributed by atoms with Gasteiger partial charge in [-0.05, 0) is 53.8 Å². The minimum absolute atomic E-state index is 0.216. The van der Waals surface area contributed by atoms with Gasteiger partial charge in [0.05, 0.1) is 23.1 Å². The first-order valence-corrected chi connectivity index (χ1v) is 12.1. The van der Waals surface area contributed by atoms with Crippen molar-refractivity contribution in [1.29, 1.82) is 0 Å². The van der Waals surface area contributed by atoms with Gasteiger partial charge in [0.25, 0.3) is 0 Å². The number of hydrogen-bond donors (Lipinski definition) is 0. The van der Waals surface area contributed by atoms with E-state index in [0.29, 0.717) is 23.1 Å². The summed E-state index contributed by atoms with van der Waals surface area (Å²) in [5.74, 6) is 2.15. The molecule has 0 spiro atoms. The summed E-state index contributed by atoms with van der Waals surface area (Å²) in [5.41, 5.74) is 4.19. The monoisotopic (exact) mass is 480 g/mol. The molecule has 8 heteroatoms. The molecule has 1 aromatic carbocycles. The smallest absolute Gasteiger partial charge is 0.325 e. The van der Waals surface area contributed by atoms with Crippen LogP contribution in [-0.4, -0.2) is 25.3 Å². The molecule has 0 N–H and O–H groups in total. The first-order valence-electron chi connectivity index (χ1n) is 11.1. The van der Waals surface area contributed by atoms with Crippen LogP contribution in [0.4, 0.5) is 13.2 Å². The summed E-state index contributed by atoms with van der Waals surface area (Å²) in [6.07, 6.45) is 2.66. The molecular weight excluding hydrogens is 457 g/mol. The van der Waals surface area contributed by atoms with Crippen LogP contribution < -0.4 is 0 Å². The van der Waals surface area contributed by atoms with Crippen LogP contribution in [0.25, 0.3) is 34.0 Å². The van der Waals surface area contributed by atoms with Crippen LogP contribution >= 0.6 is 11.8 Å². The Morgan fingerprint density at radius 1 is 0.971 bits per heavy atom. The molecule has 4 aromatic rings. The standard InChI is InChI=1S/C26H23F3N4S/c1-3-34-23-12-19(18-8-6-17(7-9-18)16-4-5-16)14-31-24(23)25-32-15-22(33(25)2)21-13-20(10-11-30-21)26(27,28)29/h6-16H,3-5H2,1-2H3. The van der Waals surface area contributed by atoms with Crippen molar-refractivity contribution < 1.29 is 13.2 Å². The average Bonchev–Trinajstić information content (AvgIpc) is 3.61. The third-order valence-corrected chi connectivity index (χ3v) is 6.91. The van der Waals surface area contributed by atoms with E-state index >= 15 is 0 Å². The molecule has 3 aromatic heterocycles. The van der Waals surface area contributed by atoms with Crippen molar-refractivity contribution in [3.63, 3.8) is 0 Å². The molecule has 1 aliphatic rings. The minimum atomic E-state index is -4.43. The molecular formula is C26H23F3N4S. The molecule has 0 atom stereocenters. The molecule has 1 saturated carbocycles. The zero-order valence-electron chi connectivity index (χ0n) is 18.8. The van der Waals surface area contributed by atoms with E-state index in [9.17, 15) is 13.2 Å². The largest absolute Gasteiger partial charge is 0.416 e. The van der Waals surface area contributed by atoms with Crippen molar-refractivity contribution in [1.82, 2.24) is 19.5 Å². The number of halogens is 3. The first kappa shape index (κ1) is 22.7. The van der Waals surface area contributed by atoms with Gasteiger partial charge in [-0.25, -0.2) is 4.98 Å². The number of rotatable bonds is 6. The van der Waals surface area contributed by atoms with Crippen molar-refractivity contribution in [2.45, 2.75) is 36.8 Å². The highest BCUT2D eigenvalue weighted by Crippen LogP contribution is 2.41.